The summed E-state index contributed by atoms with van der Waals surface area (Å²) in [7, 11) is 0. The lowest BCUT2D eigenvalue weighted by atomic mass is 9.97. The molecule has 1 unspecified atom stereocenters. The zero-order chi connectivity index (χ0) is 22.4. The monoisotopic (exact) mass is 460 g/mol. The van der Waals surface area contributed by atoms with Crippen LogP contribution in [0.3, 0.4) is 0 Å². The van der Waals surface area contributed by atoms with Gasteiger partial charge in [-0.15, -0.1) is 0 Å². The molecule has 3 rings (SSSR count). The first-order chi connectivity index (χ1) is 14.9. The molecule has 1 saturated heterocycles. The van der Waals surface area contributed by atoms with Crippen LogP contribution in [0.4, 0.5) is 5.82 Å². The molecule has 1 aromatic carbocycles. The van der Waals surface area contributed by atoms with Crippen LogP contribution in [0.2, 0.25) is 10.0 Å². The van der Waals surface area contributed by atoms with Crippen molar-refractivity contribution in [2.45, 2.75) is 25.8 Å². The Morgan fingerprint density at radius 2 is 2.03 bits per heavy atom. The molecule has 9 heteroatoms. The van der Waals surface area contributed by atoms with E-state index in [-0.39, 0.29) is 24.5 Å². The largest absolute Gasteiger partial charge is 0.455 e. The molecular formula is C22H22Cl2N4O3. The molecule has 2 heterocycles. The number of nitrogens with one attached hydrogen (secondary N) is 1. The number of anilines is 1. The van der Waals surface area contributed by atoms with Gasteiger partial charge in [-0.1, -0.05) is 29.3 Å². The lowest BCUT2D eigenvalue weighted by Gasteiger charge is -2.31. The Hall–Kier alpha value is -2.82. The van der Waals surface area contributed by atoms with Gasteiger partial charge in [-0.05, 0) is 49.6 Å². The molecule has 2 aromatic rings. The van der Waals surface area contributed by atoms with Crippen LogP contribution >= 0.6 is 23.2 Å². The normalized spacial score (nSPS) is 15.1. The van der Waals surface area contributed by atoms with Crippen molar-refractivity contribution in [1.29, 1.82) is 5.26 Å². The van der Waals surface area contributed by atoms with E-state index in [0.717, 1.165) is 11.4 Å². The second kappa shape index (κ2) is 10.5. The van der Waals surface area contributed by atoms with Crippen molar-refractivity contribution in [3.05, 3.63) is 57.7 Å². The molecule has 7 nitrogen and oxygen atoms in total. The third kappa shape index (κ3) is 6.09. The fourth-order valence-corrected chi connectivity index (χ4v) is 4.02. The quantitative estimate of drug-likeness (QED) is 0.656. The van der Waals surface area contributed by atoms with Crippen molar-refractivity contribution < 1.29 is 14.3 Å². The van der Waals surface area contributed by atoms with E-state index in [1.54, 1.807) is 37.3 Å². The van der Waals surface area contributed by atoms with Gasteiger partial charge in [-0.2, -0.15) is 5.26 Å². The summed E-state index contributed by atoms with van der Waals surface area (Å²) >= 11 is 12.1. The topological polar surface area (TPSA) is 95.3 Å². The molecule has 0 aliphatic carbocycles. The van der Waals surface area contributed by atoms with Crippen LogP contribution in [0.15, 0.2) is 36.5 Å². The number of halogens is 2. The summed E-state index contributed by atoms with van der Waals surface area (Å²) in [6, 6.07) is 10.3. The predicted octanol–water partition coefficient (Wildman–Crippen LogP) is 3.90. The van der Waals surface area contributed by atoms with Crippen LogP contribution in [-0.2, 0) is 14.3 Å². The first-order valence-corrected chi connectivity index (χ1v) is 10.6. The van der Waals surface area contributed by atoms with Gasteiger partial charge in [0.05, 0.1) is 17.5 Å². The number of ether oxygens (including phenoxy) is 1. The summed E-state index contributed by atoms with van der Waals surface area (Å²) in [6.45, 7) is 2.75. The molecular weight excluding hydrogens is 439 g/mol. The van der Waals surface area contributed by atoms with E-state index < -0.39 is 5.91 Å². The van der Waals surface area contributed by atoms with Crippen molar-refractivity contribution >= 4 is 40.9 Å². The molecule has 1 aromatic heterocycles. The van der Waals surface area contributed by atoms with Gasteiger partial charge < -0.3 is 15.0 Å². The second-order valence-corrected chi connectivity index (χ2v) is 8.18. The van der Waals surface area contributed by atoms with Gasteiger partial charge >= 0.3 is 5.97 Å². The molecule has 0 bridgehead atoms. The summed E-state index contributed by atoms with van der Waals surface area (Å²) < 4.78 is 5.23. The van der Waals surface area contributed by atoms with Gasteiger partial charge in [0.15, 0.2) is 6.61 Å². The fraction of sp³-hybridized carbons (Fsp3) is 0.364. The number of amides is 1. The first-order valence-electron chi connectivity index (χ1n) is 9.89. The molecule has 0 radical (unpaired) electrons. The summed E-state index contributed by atoms with van der Waals surface area (Å²) in [6.07, 6.45) is 2.75. The number of benzene rings is 1. The molecule has 31 heavy (non-hydrogen) atoms. The van der Waals surface area contributed by atoms with E-state index in [1.807, 2.05) is 6.07 Å². The van der Waals surface area contributed by atoms with E-state index in [1.165, 1.54) is 6.20 Å². The Balaban J connectivity index is 1.43. The third-order valence-corrected chi connectivity index (χ3v) is 5.74. The van der Waals surface area contributed by atoms with Gasteiger partial charge in [-0.3, -0.25) is 9.59 Å². The zero-order valence-electron chi connectivity index (χ0n) is 17.0. The number of piperidine rings is 1. The van der Waals surface area contributed by atoms with Gasteiger partial charge in [0.25, 0.3) is 5.91 Å². The standard InChI is InChI=1S/C22H22Cl2N4O3/c1-14(18-4-3-17(23)10-19(18)24)27-21(29)13-31-22(30)16-6-8-28(9-7-16)20-5-2-15(11-25)12-26-20/h2-5,10,12,14,16H,6-9,13H2,1H3,(H,27,29). The molecule has 1 amide bonds. The average Bonchev–Trinajstić information content (AvgIpc) is 2.77. The summed E-state index contributed by atoms with van der Waals surface area (Å²) in [5.74, 6) is -0.253. The minimum absolute atomic E-state index is 0.259. The summed E-state index contributed by atoms with van der Waals surface area (Å²) in [4.78, 5) is 30.9. The number of esters is 1. The molecule has 0 saturated carbocycles. The highest BCUT2D eigenvalue weighted by Gasteiger charge is 2.27. The molecule has 1 aliphatic heterocycles. The number of rotatable bonds is 6. The van der Waals surface area contributed by atoms with E-state index >= 15 is 0 Å². The average molecular weight is 461 g/mol. The van der Waals surface area contributed by atoms with Crippen LogP contribution in [0.5, 0.6) is 0 Å². The first kappa shape index (κ1) is 22.9. The highest BCUT2D eigenvalue weighted by Crippen LogP contribution is 2.26. The Kier molecular flexibility index (Phi) is 7.72. The minimum atomic E-state index is -0.397. The number of carbonyl (C=O) groups is 2. The van der Waals surface area contributed by atoms with Crippen LogP contribution in [0.25, 0.3) is 0 Å². The lowest BCUT2D eigenvalue weighted by Crippen LogP contribution is -2.38. The van der Waals surface area contributed by atoms with E-state index in [9.17, 15) is 9.59 Å². The number of aromatic nitrogens is 1. The number of nitriles is 1. The maximum absolute atomic E-state index is 12.4. The van der Waals surface area contributed by atoms with Crippen LogP contribution in [0, 0.1) is 17.2 Å². The van der Waals surface area contributed by atoms with Gasteiger partial charge in [0, 0.05) is 29.3 Å². The maximum Gasteiger partial charge on any atom is 0.309 e. The minimum Gasteiger partial charge on any atom is -0.455 e. The molecule has 0 spiro atoms. The van der Waals surface area contributed by atoms with Gasteiger partial charge in [0.2, 0.25) is 0 Å². The maximum atomic E-state index is 12.4. The van der Waals surface area contributed by atoms with Crippen molar-refractivity contribution in [1.82, 2.24) is 10.3 Å². The SMILES string of the molecule is CC(NC(=O)COC(=O)C1CCN(c2ccc(C#N)cn2)CC1)c1ccc(Cl)cc1Cl. The van der Waals surface area contributed by atoms with Gasteiger partial charge in [0.1, 0.15) is 11.9 Å². The highest BCUT2D eigenvalue weighted by molar-refractivity contribution is 6.35. The number of nitrogens with zero attached hydrogens (tertiary/aromatic N) is 3. The van der Waals surface area contributed by atoms with Gasteiger partial charge in [-0.25, -0.2) is 4.98 Å². The van der Waals surface area contributed by atoms with Crippen LogP contribution in [0.1, 0.15) is 36.9 Å². The number of pyridine rings is 1. The van der Waals surface area contributed by atoms with Crippen molar-refractivity contribution in [3.63, 3.8) is 0 Å². The smallest absolute Gasteiger partial charge is 0.309 e. The Labute approximate surface area is 190 Å². The van der Waals surface area contributed by atoms with E-state index in [2.05, 4.69) is 15.2 Å². The number of hydrogen-bond donors (Lipinski definition) is 1. The highest BCUT2D eigenvalue weighted by atomic mass is 35.5. The number of hydrogen-bond acceptors (Lipinski definition) is 6. The summed E-state index contributed by atoms with van der Waals surface area (Å²) in [5.41, 5.74) is 1.24. The summed E-state index contributed by atoms with van der Waals surface area (Å²) in [5, 5.41) is 12.6. The fourth-order valence-electron chi connectivity index (χ4n) is 3.45. The van der Waals surface area contributed by atoms with Crippen molar-refractivity contribution in [2.75, 3.05) is 24.6 Å². The Morgan fingerprint density at radius 1 is 1.29 bits per heavy atom. The molecule has 1 N–H and O–H groups in total. The van der Waals surface area contributed by atoms with E-state index in [4.69, 9.17) is 33.2 Å². The lowest BCUT2D eigenvalue weighted by molar-refractivity contribution is -0.153. The zero-order valence-corrected chi connectivity index (χ0v) is 18.5. The molecule has 1 aliphatic rings. The van der Waals surface area contributed by atoms with Crippen LogP contribution in [-0.4, -0.2) is 36.6 Å². The Bertz CT molecular complexity index is 983. The van der Waals surface area contributed by atoms with E-state index in [0.29, 0.717) is 41.5 Å². The van der Waals surface area contributed by atoms with Crippen LogP contribution < -0.4 is 10.2 Å². The second-order valence-electron chi connectivity index (χ2n) is 7.34. The predicted molar refractivity (Wildman–Crippen MR) is 118 cm³/mol. The molecule has 1 fully saturated rings. The molecule has 1 atom stereocenters. The van der Waals surface area contributed by atoms with Crippen molar-refractivity contribution in [2.24, 2.45) is 5.92 Å². The molecule has 162 valence electrons. The van der Waals surface area contributed by atoms with Crippen molar-refractivity contribution in [3.8, 4) is 6.07 Å². The Morgan fingerprint density at radius 3 is 2.65 bits per heavy atom. The third-order valence-electron chi connectivity index (χ3n) is 5.18. The number of carbonyl (C=O) groups excluding carboxylic acids is 2.